The molecule has 110 valence electrons. The SMILES string of the molecule is CCc1nc(NS(=O)(=O)c2ccsc2CNC)sc1C. The second-order valence-electron chi connectivity index (χ2n) is 4.22. The molecule has 0 bridgehead atoms. The minimum absolute atomic E-state index is 0.322. The Hall–Kier alpha value is -0.960. The molecule has 2 N–H and O–H groups in total. The molecule has 8 heteroatoms. The van der Waals surface area contributed by atoms with Crippen LogP contribution in [0.5, 0.6) is 0 Å². The Labute approximate surface area is 127 Å². The summed E-state index contributed by atoms with van der Waals surface area (Å²) in [6.45, 7) is 4.49. The number of hydrogen-bond donors (Lipinski definition) is 2. The summed E-state index contributed by atoms with van der Waals surface area (Å²) >= 11 is 2.79. The van der Waals surface area contributed by atoms with Crippen LogP contribution in [0.15, 0.2) is 16.3 Å². The Morgan fingerprint density at radius 1 is 1.40 bits per heavy atom. The van der Waals surface area contributed by atoms with Crippen LogP contribution in [-0.2, 0) is 23.0 Å². The third-order valence-electron chi connectivity index (χ3n) is 2.78. The maximum absolute atomic E-state index is 12.4. The molecule has 0 fully saturated rings. The van der Waals surface area contributed by atoms with E-state index in [4.69, 9.17) is 0 Å². The number of hydrogen-bond acceptors (Lipinski definition) is 6. The van der Waals surface area contributed by atoms with E-state index in [0.29, 0.717) is 16.6 Å². The highest BCUT2D eigenvalue weighted by Gasteiger charge is 2.21. The van der Waals surface area contributed by atoms with Crippen molar-refractivity contribution in [1.29, 1.82) is 0 Å². The Kier molecular flexibility index (Phi) is 4.79. The van der Waals surface area contributed by atoms with E-state index < -0.39 is 10.0 Å². The summed E-state index contributed by atoms with van der Waals surface area (Å²) in [5, 5.41) is 5.19. The molecule has 2 aromatic heterocycles. The number of thiazole rings is 1. The first-order chi connectivity index (χ1) is 9.47. The smallest absolute Gasteiger partial charge is 0.264 e. The van der Waals surface area contributed by atoms with Crippen LogP contribution in [0, 0.1) is 6.92 Å². The van der Waals surface area contributed by atoms with Gasteiger partial charge in [-0.15, -0.1) is 22.7 Å². The average molecular weight is 331 g/mol. The average Bonchev–Trinajstić information content (AvgIpc) is 2.96. The second kappa shape index (κ2) is 6.21. The molecule has 0 saturated carbocycles. The standard InChI is InChI=1S/C12H17N3O2S3/c1-4-9-8(2)19-12(14-9)15-20(16,17)11-5-6-18-10(11)7-13-3/h5-6,13H,4,7H2,1-3H3,(H,14,15). The Morgan fingerprint density at radius 3 is 2.75 bits per heavy atom. The van der Waals surface area contributed by atoms with E-state index in [1.54, 1.807) is 18.5 Å². The lowest BCUT2D eigenvalue weighted by atomic mass is 10.3. The lowest BCUT2D eigenvalue weighted by Gasteiger charge is -2.06. The van der Waals surface area contributed by atoms with Crippen LogP contribution in [0.3, 0.4) is 0 Å². The van der Waals surface area contributed by atoms with E-state index >= 15 is 0 Å². The molecule has 2 heterocycles. The van der Waals surface area contributed by atoms with Crippen LogP contribution in [-0.4, -0.2) is 20.4 Å². The van der Waals surface area contributed by atoms with Crippen molar-refractivity contribution < 1.29 is 8.42 Å². The maximum atomic E-state index is 12.4. The number of nitrogens with zero attached hydrogens (tertiary/aromatic N) is 1. The number of sulfonamides is 1. The zero-order valence-electron chi connectivity index (χ0n) is 11.6. The number of thiophene rings is 1. The highest BCUT2D eigenvalue weighted by molar-refractivity contribution is 7.93. The fraction of sp³-hybridized carbons (Fsp3) is 0.417. The van der Waals surface area contributed by atoms with Crippen molar-refractivity contribution in [3.63, 3.8) is 0 Å². The van der Waals surface area contributed by atoms with Crippen LogP contribution >= 0.6 is 22.7 Å². The molecule has 0 spiro atoms. The summed E-state index contributed by atoms with van der Waals surface area (Å²) in [6, 6.07) is 1.63. The van der Waals surface area contributed by atoms with Gasteiger partial charge in [0.2, 0.25) is 0 Å². The van der Waals surface area contributed by atoms with Crippen molar-refractivity contribution >= 4 is 37.8 Å². The number of nitrogens with one attached hydrogen (secondary N) is 2. The molecule has 20 heavy (non-hydrogen) atoms. The molecule has 2 aromatic rings. The van der Waals surface area contributed by atoms with E-state index in [9.17, 15) is 8.42 Å². The molecule has 0 radical (unpaired) electrons. The lowest BCUT2D eigenvalue weighted by molar-refractivity contribution is 0.600. The normalized spacial score (nSPS) is 11.8. The molecule has 2 rings (SSSR count). The van der Waals surface area contributed by atoms with Gasteiger partial charge in [0.1, 0.15) is 4.90 Å². The van der Waals surface area contributed by atoms with Crippen molar-refractivity contribution in [1.82, 2.24) is 10.3 Å². The summed E-state index contributed by atoms with van der Waals surface area (Å²) in [6.07, 6.45) is 0.799. The van der Waals surface area contributed by atoms with Gasteiger partial charge in [-0.25, -0.2) is 13.4 Å². The fourth-order valence-electron chi connectivity index (χ4n) is 1.83. The van der Waals surface area contributed by atoms with Gasteiger partial charge in [0.15, 0.2) is 5.13 Å². The van der Waals surface area contributed by atoms with Crippen molar-refractivity contribution in [2.45, 2.75) is 31.7 Å². The Balaban J connectivity index is 2.28. The van der Waals surface area contributed by atoms with Gasteiger partial charge >= 0.3 is 0 Å². The Morgan fingerprint density at radius 2 is 2.15 bits per heavy atom. The van der Waals surface area contributed by atoms with Gasteiger partial charge in [-0.3, -0.25) is 4.72 Å². The molecule has 0 aliphatic heterocycles. The monoisotopic (exact) mass is 331 g/mol. The number of aromatic nitrogens is 1. The van der Waals surface area contributed by atoms with Gasteiger partial charge in [-0.2, -0.15) is 0 Å². The van der Waals surface area contributed by atoms with Gasteiger partial charge in [0.25, 0.3) is 10.0 Å². The van der Waals surface area contributed by atoms with Crippen molar-refractivity contribution in [2.24, 2.45) is 0 Å². The number of anilines is 1. The molecular weight excluding hydrogens is 314 g/mol. The summed E-state index contributed by atoms with van der Waals surface area (Å²) in [5.74, 6) is 0. The summed E-state index contributed by atoms with van der Waals surface area (Å²) in [7, 11) is -1.77. The van der Waals surface area contributed by atoms with E-state index in [1.807, 2.05) is 13.8 Å². The van der Waals surface area contributed by atoms with Gasteiger partial charge in [-0.05, 0) is 31.8 Å². The second-order valence-corrected chi connectivity index (χ2v) is 8.07. The molecule has 0 aliphatic carbocycles. The molecule has 5 nitrogen and oxygen atoms in total. The summed E-state index contributed by atoms with van der Waals surface area (Å²) in [4.78, 5) is 6.48. The predicted octanol–water partition coefficient (Wildman–Crippen LogP) is 2.60. The van der Waals surface area contributed by atoms with E-state index in [2.05, 4.69) is 15.0 Å². The largest absolute Gasteiger partial charge is 0.315 e. The minimum atomic E-state index is -3.57. The first-order valence-electron chi connectivity index (χ1n) is 6.18. The van der Waals surface area contributed by atoms with Gasteiger partial charge < -0.3 is 5.32 Å². The molecule has 0 saturated heterocycles. The Bertz CT molecular complexity index is 689. The quantitative estimate of drug-likeness (QED) is 0.853. The highest BCUT2D eigenvalue weighted by atomic mass is 32.2. The van der Waals surface area contributed by atoms with E-state index in [1.165, 1.54) is 22.7 Å². The predicted molar refractivity (Wildman–Crippen MR) is 84.1 cm³/mol. The van der Waals surface area contributed by atoms with Crippen LogP contribution in [0.25, 0.3) is 0 Å². The molecule has 0 unspecified atom stereocenters. The molecule has 0 aliphatic rings. The first-order valence-corrected chi connectivity index (χ1v) is 9.36. The number of rotatable bonds is 6. The zero-order valence-corrected chi connectivity index (χ0v) is 14.0. The van der Waals surface area contributed by atoms with Crippen LogP contribution in [0.2, 0.25) is 0 Å². The molecule has 0 atom stereocenters. The summed E-state index contributed by atoms with van der Waals surface area (Å²) in [5.41, 5.74) is 0.938. The zero-order chi connectivity index (χ0) is 14.8. The minimum Gasteiger partial charge on any atom is -0.315 e. The third kappa shape index (κ3) is 3.20. The molecule has 0 amide bonds. The van der Waals surface area contributed by atoms with Crippen LogP contribution in [0.4, 0.5) is 5.13 Å². The number of aryl methyl sites for hydroxylation is 2. The van der Waals surface area contributed by atoms with Crippen LogP contribution in [0.1, 0.15) is 22.4 Å². The van der Waals surface area contributed by atoms with Gasteiger partial charge in [0.05, 0.1) is 5.69 Å². The van der Waals surface area contributed by atoms with Crippen molar-refractivity contribution in [3.05, 3.63) is 26.9 Å². The van der Waals surface area contributed by atoms with E-state index in [0.717, 1.165) is 21.9 Å². The van der Waals surface area contributed by atoms with Crippen molar-refractivity contribution in [2.75, 3.05) is 11.8 Å². The fourth-order valence-corrected chi connectivity index (χ4v) is 5.42. The maximum Gasteiger partial charge on any atom is 0.264 e. The molecular formula is C12H17N3O2S3. The molecule has 0 aromatic carbocycles. The third-order valence-corrected chi connectivity index (χ3v) is 6.31. The highest BCUT2D eigenvalue weighted by Crippen LogP contribution is 2.27. The first kappa shape index (κ1) is 15.4. The van der Waals surface area contributed by atoms with Crippen molar-refractivity contribution in [3.8, 4) is 0 Å². The van der Waals surface area contributed by atoms with E-state index in [-0.39, 0.29) is 0 Å². The lowest BCUT2D eigenvalue weighted by Crippen LogP contribution is -2.15. The summed E-state index contributed by atoms with van der Waals surface area (Å²) < 4.78 is 27.4. The van der Waals surface area contributed by atoms with Gasteiger partial charge in [-0.1, -0.05) is 6.92 Å². The van der Waals surface area contributed by atoms with Gasteiger partial charge in [0, 0.05) is 16.3 Å². The topological polar surface area (TPSA) is 71.1 Å². The van der Waals surface area contributed by atoms with Crippen LogP contribution < -0.4 is 10.0 Å².